The first-order chi connectivity index (χ1) is 17.3. The largest absolute Gasteiger partial charge is 0.416 e. The molecule has 4 rings (SSSR count). The van der Waals surface area contributed by atoms with E-state index in [2.05, 4.69) is 22.5 Å². The van der Waals surface area contributed by atoms with Crippen LogP contribution in [0.1, 0.15) is 36.3 Å². The Bertz CT molecular complexity index is 1300. The second kappa shape index (κ2) is 11.0. The van der Waals surface area contributed by atoms with Crippen LogP contribution in [-0.4, -0.2) is 28.1 Å². The molecule has 0 aliphatic carbocycles. The Morgan fingerprint density at radius 3 is 2.47 bits per heavy atom. The number of rotatable bonds is 9. The first kappa shape index (κ1) is 25.4. The zero-order chi connectivity index (χ0) is 25.7. The third-order valence-electron chi connectivity index (χ3n) is 6.18. The quantitative estimate of drug-likeness (QED) is 0.262. The van der Waals surface area contributed by atoms with Gasteiger partial charge in [-0.3, -0.25) is 0 Å². The topological polar surface area (TPSA) is 54.8 Å². The van der Waals surface area contributed by atoms with Gasteiger partial charge >= 0.3 is 6.18 Å². The molecule has 1 unspecified atom stereocenters. The van der Waals surface area contributed by atoms with E-state index in [1.165, 1.54) is 12.1 Å². The molecule has 36 heavy (non-hydrogen) atoms. The van der Waals surface area contributed by atoms with Crippen molar-refractivity contribution in [1.29, 1.82) is 0 Å². The Hall–Kier alpha value is -3.65. The summed E-state index contributed by atoms with van der Waals surface area (Å²) in [4.78, 5) is 9.30. The summed E-state index contributed by atoms with van der Waals surface area (Å²) in [5.74, 6) is 1.49. The average molecular weight is 494 g/mol. The van der Waals surface area contributed by atoms with E-state index in [1.807, 2.05) is 61.1 Å². The van der Waals surface area contributed by atoms with E-state index < -0.39 is 11.7 Å². The smallest absolute Gasteiger partial charge is 0.364 e. The monoisotopic (exact) mass is 493 g/mol. The molecule has 5 nitrogen and oxygen atoms in total. The zero-order valence-corrected chi connectivity index (χ0v) is 20.6. The zero-order valence-electron chi connectivity index (χ0n) is 20.6. The second-order valence-corrected chi connectivity index (χ2v) is 8.78. The van der Waals surface area contributed by atoms with Gasteiger partial charge in [0.15, 0.2) is 0 Å². The fourth-order valence-corrected chi connectivity index (χ4v) is 4.27. The van der Waals surface area contributed by atoms with Crippen molar-refractivity contribution >= 4 is 5.82 Å². The molecule has 0 spiro atoms. The summed E-state index contributed by atoms with van der Waals surface area (Å²) >= 11 is 0. The lowest BCUT2D eigenvalue weighted by Gasteiger charge is -2.16. The number of nitrogens with one attached hydrogen (secondary N) is 2. The van der Waals surface area contributed by atoms with Crippen molar-refractivity contribution in [2.24, 2.45) is 7.05 Å². The molecule has 2 N–H and O–H groups in total. The molecule has 2 aromatic carbocycles. The van der Waals surface area contributed by atoms with E-state index in [-0.39, 0.29) is 6.04 Å². The van der Waals surface area contributed by atoms with Crippen LogP contribution in [0.15, 0.2) is 72.9 Å². The Morgan fingerprint density at radius 1 is 0.972 bits per heavy atom. The first-order valence-electron chi connectivity index (χ1n) is 11.9. The summed E-state index contributed by atoms with van der Waals surface area (Å²) in [6, 6.07) is 19.2. The molecule has 2 heterocycles. The van der Waals surface area contributed by atoms with Crippen molar-refractivity contribution < 1.29 is 13.2 Å². The van der Waals surface area contributed by atoms with E-state index in [9.17, 15) is 13.2 Å². The first-order valence-corrected chi connectivity index (χ1v) is 11.9. The molecule has 0 aliphatic heterocycles. The van der Waals surface area contributed by atoms with Crippen LogP contribution in [0.3, 0.4) is 0 Å². The van der Waals surface area contributed by atoms with Gasteiger partial charge in [0.1, 0.15) is 11.6 Å². The van der Waals surface area contributed by atoms with E-state index in [0.29, 0.717) is 23.5 Å². The third-order valence-corrected chi connectivity index (χ3v) is 6.18. The number of hydrogen-bond acceptors (Lipinski definition) is 4. The highest BCUT2D eigenvalue weighted by Gasteiger charge is 2.31. The molecule has 0 aliphatic rings. The van der Waals surface area contributed by atoms with Gasteiger partial charge in [-0.2, -0.15) is 13.2 Å². The van der Waals surface area contributed by atoms with Gasteiger partial charge in [-0.05, 0) is 56.8 Å². The van der Waals surface area contributed by atoms with Crippen LogP contribution < -0.4 is 10.6 Å². The second-order valence-electron chi connectivity index (χ2n) is 8.78. The maximum absolute atomic E-state index is 13.5. The Balaban J connectivity index is 1.75. The number of hydrogen-bond donors (Lipinski definition) is 2. The molecule has 0 radical (unpaired) electrons. The molecule has 1 atom stereocenters. The van der Waals surface area contributed by atoms with Gasteiger partial charge < -0.3 is 15.2 Å². The lowest BCUT2D eigenvalue weighted by Crippen LogP contribution is -2.10. The van der Waals surface area contributed by atoms with Crippen molar-refractivity contribution in [3.05, 3.63) is 89.9 Å². The van der Waals surface area contributed by atoms with Crippen LogP contribution in [0.25, 0.3) is 22.5 Å². The number of pyridine rings is 1. The lowest BCUT2D eigenvalue weighted by atomic mass is 10.0. The highest BCUT2D eigenvalue weighted by atomic mass is 19.4. The molecule has 2 aromatic heterocycles. The number of alkyl halides is 3. The van der Waals surface area contributed by atoms with E-state index in [1.54, 1.807) is 12.3 Å². The minimum atomic E-state index is -4.43. The number of benzene rings is 2. The Kier molecular flexibility index (Phi) is 7.74. The van der Waals surface area contributed by atoms with Crippen LogP contribution in [0.2, 0.25) is 0 Å². The number of imidazole rings is 1. The minimum absolute atomic E-state index is 0.0283. The van der Waals surface area contributed by atoms with Gasteiger partial charge in [0.25, 0.3) is 0 Å². The average Bonchev–Trinajstić information content (AvgIpc) is 3.20. The number of nitrogens with zero attached hydrogens (tertiary/aromatic N) is 3. The molecule has 0 bridgehead atoms. The standard InChI is InChI=1S/C28H30F3N5/c1-19(20-9-5-4-6-10-20)34-24-18-22(14-16-33-24)27-26(35-25(36(27)3)13-8-15-32-2)21-11-7-12-23(17-21)28(29,30)31/h4-7,9-12,14,16-19,32H,8,13,15H2,1-3H3,(H,33,34). The van der Waals surface area contributed by atoms with E-state index in [0.717, 1.165) is 41.7 Å². The molecule has 4 aromatic rings. The highest BCUT2D eigenvalue weighted by molar-refractivity contribution is 5.80. The summed E-state index contributed by atoms with van der Waals surface area (Å²) in [7, 11) is 3.80. The summed E-state index contributed by atoms with van der Waals surface area (Å²) in [6.45, 7) is 2.88. The maximum Gasteiger partial charge on any atom is 0.416 e. The summed E-state index contributed by atoms with van der Waals surface area (Å²) in [5.41, 5.74) is 2.97. The van der Waals surface area contributed by atoms with E-state index >= 15 is 0 Å². The highest BCUT2D eigenvalue weighted by Crippen LogP contribution is 2.37. The van der Waals surface area contributed by atoms with Crippen LogP contribution in [0.4, 0.5) is 19.0 Å². The van der Waals surface area contributed by atoms with Crippen LogP contribution >= 0.6 is 0 Å². The number of anilines is 1. The lowest BCUT2D eigenvalue weighted by molar-refractivity contribution is -0.137. The van der Waals surface area contributed by atoms with Crippen molar-refractivity contribution in [3.63, 3.8) is 0 Å². The summed E-state index contributed by atoms with van der Waals surface area (Å²) < 4.78 is 42.4. The van der Waals surface area contributed by atoms with Gasteiger partial charge in [-0.1, -0.05) is 42.5 Å². The molecule has 188 valence electrons. The SMILES string of the molecule is CNCCCc1nc(-c2cccc(C(F)(F)F)c2)c(-c2ccnc(NC(C)c3ccccc3)c2)n1C. The fraction of sp³-hybridized carbons (Fsp3) is 0.286. The Morgan fingerprint density at radius 2 is 1.75 bits per heavy atom. The molecule has 8 heteroatoms. The van der Waals surface area contributed by atoms with Crippen molar-refractivity contribution in [1.82, 2.24) is 19.9 Å². The predicted octanol–water partition coefficient (Wildman–Crippen LogP) is 6.49. The fourth-order valence-electron chi connectivity index (χ4n) is 4.27. The Labute approximate surface area is 209 Å². The van der Waals surface area contributed by atoms with Crippen molar-refractivity contribution in [2.75, 3.05) is 18.9 Å². The van der Waals surface area contributed by atoms with Gasteiger partial charge in [0.05, 0.1) is 17.0 Å². The van der Waals surface area contributed by atoms with E-state index in [4.69, 9.17) is 4.98 Å². The predicted molar refractivity (Wildman–Crippen MR) is 138 cm³/mol. The third kappa shape index (κ3) is 5.76. The number of aryl methyl sites for hydroxylation is 1. The molecule has 0 amide bonds. The van der Waals surface area contributed by atoms with Crippen molar-refractivity contribution in [3.8, 4) is 22.5 Å². The van der Waals surface area contributed by atoms with Gasteiger partial charge in [-0.15, -0.1) is 0 Å². The molecule has 0 saturated carbocycles. The number of halogens is 3. The summed E-state index contributed by atoms with van der Waals surface area (Å²) in [5, 5.41) is 6.55. The van der Waals surface area contributed by atoms with Gasteiger partial charge in [-0.25, -0.2) is 9.97 Å². The minimum Gasteiger partial charge on any atom is -0.364 e. The molecular formula is C28H30F3N5. The molecule has 0 saturated heterocycles. The van der Waals surface area contributed by atoms with Gasteiger partial charge in [0, 0.05) is 36.8 Å². The number of aromatic nitrogens is 3. The van der Waals surface area contributed by atoms with Crippen LogP contribution in [0.5, 0.6) is 0 Å². The summed E-state index contributed by atoms with van der Waals surface area (Å²) in [6.07, 6.45) is -1.16. The normalized spacial score (nSPS) is 12.5. The molecule has 0 fully saturated rings. The van der Waals surface area contributed by atoms with Gasteiger partial charge in [0.2, 0.25) is 0 Å². The maximum atomic E-state index is 13.5. The van der Waals surface area contributed by atoms with Crippen molar-refractivity contribution in [2.45, 2.75) is 32.0 Å². The van der Waals surface area contributed by atoms with Crippen LogP contribution in [-0.2, 0) is 19.6 Å². The van der Waals surface area contributed by atoms with Crippen LogP contribution in [0, 0.1) is 0 Å². The molecular weight excluding hydrogens is 463 g/mol.